The van der Waals surface area contributed by atoms with E-state index in [1.54, 1.807) is 32.5 Å². The summed E-state index contributed by atoms with van der Waals surface area (Å²) in [5, 5.41) is 24.0. The van der Waals surface area contributed by atoms with Gasteiger partial charge in [0.1, 0.15) is 17.8 Å². The number of methoxy groups -OCH3 is 1. The van der Waals surface area contributed by atoms with E-state index in [0.29, 0.717) is 17.4 Å². The normalized spacial score (nSPS) is 17.5. The van der Waals surface area contributed by atoms with Crippen molar-refractivity contribution in [2.75, 3.05) is 37.7 Å². The predicted molar refractivity (Wildman–Crippen MR) is 197 cm³/mol. The first kappa shape index (κ1) is 34.7. The highest BCUT2D eigenvalue weighted by Gasteiger charge is 2.38. The topological polar surface area (TPSA) is 147 Å². The van der Waals surface area contributed by atoms with Crippen LogP contribution in [-0.4, -0.2) is 70.5 Å². The van der Waals surface area contributed by atoms with Gasteiger partial charge in [0.05, 0.1) is 24.3 Å². The summed E-state index contributed by atoms with van der Waals surface area (Å²) in [6.07, 6.45) is 6.15. The molecule has 0 spiro atoms. The van der Waals surface area contributed by atoms with Crippen LogP contribution < -0.4 is 24.4 Å². The zero-order valence-corrected chi connectivity index (χ0v) is 29.5. The Morgan fingerprint density at radius 1 is 0.981 bits per heavy atom. The highest BCUT2D eigenvalue weighted by atomic mass is 16.7. The zero-order chi connectivity index (χ0) is 36.5. The molecule has 3 aliphatic heterocycles. The van der Waals surface area contributed by atoms with Gasteiger partial charge in [0.15, 0.2) is 17.3 Å². The monoisotopic (exact) mass is 703 g/mol. The molecule has 3 aromatic carbocycles. The average Bonchev–Trinajstić information content (AvgIpc) is 3.91. The molecule has 0 bridgehead atoms. The van der Waals surface area contributed by atoms with Gasteiger partial charge >= 0.3 is 5.97 Å². The van der Waals surface area contributed by atoms with E-state index in [1.807, 2.05) is 79.5 Å². The SMILES string of the molecule is CN1CCc2cc3c(cc2C1O)OCO3.COc1ccc2cc([C@H](C)C(=O)O)ccc2c1.Cc1ccnc2c1NC(=O)c1cccnc1N2C1CC1. The fourth-order valence-electron chi connectivity index (χ4n) is 6.50. The number of carboxylic acids is 1. The number of carboxylic acid groups (broad SMARTS) is 1. The van der Waals surface area contributed by atoms with Crippen LogP contribution >= 0.6 is 0 Å². The lowest BCUT2D eigenvalue weighted by molar-refractivity contribution is -0.138. The summed E-state index contributed by atoms with van der Waals surface area (Å²) < 4.78 is 15.7. The Balaban J connectivity index is 0.000000123. The third-order valence-corrected chi connectivity index (χ3v) is 9.78. The van der Waals surface area contributed by atoms with Crippen molar-refractivity contribution in [2.24, 2.45) is 0 Å². The number of hydrogen-bond donors (Lipinski definition) is 3. The zero-order valence-electron chi connectivity index (χ0n) is 29.5. The van der Waals surface area contributed by atoms with Gasteiger partial charge in [0.2, 0.25) is 6.79 Å². The molecule has 12 nitrogen and oxygen atoms in total. The summed E-state index contributed by atoms with van der Waals surface area (Å²) in [4.78, 5) is 36.3. The molecule has 9 rings (SSSR count). The maximum absolute atomic E-state index is 12.4. The first-order chi connectivity index (χ1) is 25.1. The first-order valence-electron chi connectivity index (χ1n) is 17.3. The number of hydrogen-bond acceptors (Lipinski definition) is 10. The summed E-state index contributed by atoms with van der Waals surface area (Å²) in [6, 6.07) is 21.2. The molecule has 1 unspecified atom stereocenters. The fourth-order valence-corrected chi connectivity index (χ4v) is 6.50. The lowest BCUT2D eigenvalue weighted by Crippen LogP contribution is -2.31. The van der Waals surface area contributed by atoms with Gasteiger partial charge in [-0.05, 0) is 110 Å². The summed E-state index contributed by atoms with van der Waals surface area (Å²) >= 11 is 0. The molecule has 2 aromatic heterocycles. The minimum absolute atomic E-state index is 0.117. The molecular weight excluding hydrogens is 662 g/mol. The van der Waals surface area contributed by atoms with E-state index in [0.717, 1.165) is 87.6 Å². The van der Waals surface area contributed by atoms with Crippen LogP contribution in [-0.2, 0) is 11.2 Å². The number of carbonyl (C=O) groups is 2. The number of aryl methyl sites for hydroxylation is 1. The number of pyridine rings is 2. The van der Waals surface area contributed by atoms with Crippen molar-refractivity contribution in [2.45, 2.75) is 51.3 Å². The molecule has 1 amide bonds. The van der Waals surface area contributed by atoms with Crippen LogP contribution in [0.5, 0.6) is 17.2 Å². The molecule has 0 radical (unpaired) electrons. The molecule has 0 saturated heterocycles. The second kappa shape index (κ2) is 14.5. The van der Waals surface area contributed by atoms with Crippen molar-refractivity contribution >= 4 is 40.0 Å². The van der Waals surface area contributed by atoms with Crippen LogP contribution in [0, 0.1) is 6.92 Å². The van der Waals surface area contributed by atoms with E-state index in [2.05, 4.69) is 20.2 Å². The quantitative estimate of drug-likeness (QED) is 0.187. The van der Waals surface area contributed by atoms with Gasteiger partial charge in [-0.25, -0.2) is 9.97 Å². The molecule has 5 aromatic rings. The molecule has 3 N–H and O–H groups in total. The minimum atomic E-state index is -0.808. The van der Waals surface area contributed by atoms with Crippen molar-refractivity contribution in [1.29, 1.82) is 0 Å². The summed E-state index contributed by atoms with van der Waals surface area (Å²) in [7, 11) is 3.54. The van der Waals surface area contributed by atoms with E-state index in [1.165, 1.54) is 0 Å². The van der Waals surface area contributed by atoms with Gasteiger partial charge in [-0.3, -0.25) is 14.5 Å². The standard InChI is InChI=1S/C15H14N4O.C14H14O3.C11H13NO3/c1-9-6-8-17-14-12(9)18-15(20)11-3-2-7-16-13(11)19(14)10-4-5-10;1-9(14(15)16)10-3-4-12-8-13(17-2)6-5-11(12)7-10;1-12-3-2-7-4-9-10(15-6-14-9)5-8(7)11(12)13/h2-3,6-8,10H,4-5H2,1H3,(H,18,20);3-9H,1-2H3,(H,15,16);4-5,11,13H,2-3,6H2,1H3/t;9-;/m.0./s1. The summed E-state index contributed by atoms with van der Waals surface area (Å²) in [6.45, 7) is 4.82. The van der Waals surface area contributed by atoms with E-state index < -0.39 is 18.1 Å². The Bertz CT molecular complexity index is 2150. The number of aliphatic hydroxyl groups is 1. The minimum Gasteiger partial charge on any atom is -0.497 e. The maximum Gasteiger partial charge on any atom is 0.310 e. The van der Waals surface area contributed by atoms with E-state index in [-0.39, 0.29) is 12.7 Å². The number of amides is 1. The number of carbonyl (C=O) groups excluding carboxylic acids is 1. The van der Waals surface area contributed by atoms with Crippen LogP contribution in [0.4, 0.5) is 17.3 Å². The number of likely N-dealkylation sites (N-methyl/N-ethyl adjacent to an activating group) is 1. The predicted octanol–water partition coefficient (Wildman–Crippen LogP) is 6.58. The number of benzene rings is 3. The van der Waals surface area contributed by atoms with E-state index in [4.69, 9.17) is 19.3 Å². The molecule has 4 aliphatic rings. The number of aliphatic carboxylic acids is 1. The molecule has 268 valence electrons. The molecule has 12 heteroatoms. The van der Waals surface area contributed by atoms with E-state index in [9.17, 15) is 14.7 Å². The van der Waals surface area contributed by atoms with Crippen molar-refractivity contribution in [3.63, 3.8) is 0 Å². The number of nitrogens with one attached hydrogen (secondary N) is 1. The van der Waals surface area contributed by atoms with Crippen LogP contribution in [0.3, 0.4) is 0 Å². The number of nitrogens with zero attached hydrogens (tertiary/aromatic N) is 4. The Kier molecular flexibility index (Phi) is 9.67. The van der Waals surface area contributed by atoms with Crippen LogP contribution in [0.15, 0.2) is 79.1 Å². The van der Waals surface area contributed by atoms with Gasteiger partial charge < -0.3 is 34.6 Å². The Hall–Kier alpha value is -5.72. The van der Waals surface area contributed by atoms with E-state index >= 15 is 0 Å². The molecular formula is C40H41N5O7. The molecule has 1 aliphatic carbocycles. The van der Waals surface area contributed by atoms with Crippen LogP contribution in [0.1, 0.15) is 64.5 Å². The number of fused-ring (bicyclic) bond motifs is 5. The molecule has 52 heavy (non-hydrogen) atoms. The van der Waals surface area contributed by atoms with Crippen LogP contribution in [0.25, 0.3) is 10.8 Å². The van der Waals surface area contributed by atoms with Gasteiger partial charge in [-0.2, -0.15) is 0 Å². The third-order valence-electron chi connectivity index (χ3n) is 9.78. The summed E-state index contributed by atoms with van der Waals surface area (Å²) in [5.41, 5.74) is 5.33. The lowest BCUT2D eigenvalue weighted by Gasteiger charge is -2.30. The highest BCUT2D eigenvalue weighted by molar-refractivity contribution is 6.12. The average molecular weight is 704 g/mol. The van der Waals surface area contributed by atoms with Crippen molar-refractivity contribution in [3.05, 3.63) is 107 Å². The Morgan fingerprint density at radius 2 is 1.71 bits per heavy atom. The number of aliphatic hydroxyl groups excluding tert-OH is 1. The number of ether oxygens (including phenoxy) is 3. The second-order valence-electron chi connectivity index (χ2n) is 13.3. The highest BCUT2D eigenvalue weighted by Crippen LogP contribution is 2.44. The molecule has 1 saturated carbocycles. The Morgan fingerprint density at radius 3 is 2.46 bits per heavy atom. The number of aromatic nitrogens is 2. The van der Waals surface area contributed by atoms with Crippen molar-refractivity contribution in [1.82, 2.24) is 14.9 Å². The second-order valence-corrected chi connectivity index (χ2v) is 13.3. The van der Waals surface area contributed by atoms with Gasteiger partial charge in [0, 0.05) is 30.5 Å². The third kappa shape index (κ3) is 6.95. The van der Waals surface area contributed by atoms with Crippen molar-refractivity contribution in [3.8, 4) is 17.2 Å². The molecule has 1 fully saturated rings. The van der Waals surface area contributed by atoms with Gasteiger partial charge in [-0.15, -0.1) is 0 Å². The molecule has 5 heterocycles. The van der Waals surface area contributed by atoms with Gasteiger partial charge in [-0.1, -0.05) is 24.3 Å². The largest absolute Gasteiger partial charge is 0.497 e. The Labute approximate surface area is 301 Å². The van der Waals surface area contributed by atoms with Gasteiger partial charge in [0.25, 0.3) is 5.91 Å². The van der Waals surface area contributed by atoms with Crippen LogP contribution in [0.2, 0.25) is 0 Å². The summed E-state index contributed by atoms with van der Waals surface area (Å²) in [5.74, 6) is 2.45. The first-order valence-corrected chi connectivity index (χ1v) is 17.3. The number of anilines is 3. The molecule has 2 atom stereocenters. The van der Waals surface area contributed by atoms with Crippen molar-refractivity contribution < 1.29 is 34.0 Å². The smallest absolute Gasteiger partial charge is 0.310 e. The number of rotatable bonds is 4. The lowest BCUT2D eigenvalue weighted by atomic mass is 9.98. The fraction of sp³-hybridized carbons (Fsp3) is 0.300. The maximum atomic E-state index is 12.4.